The summed E-state index contributed by atoms with van der Waals surface area (Å²) >= 11 is 0. The average molecular weight is 675 g/mol. The molecule has 270 valence electrons. The van der Waals surface area contributed by atoms with Gasteiger partial charge in [0.15, 0.2) is 6.10 Å². The number of hydrogen-bond donors (Lipinski definition) is 1. The normalized spacial score (nSPS) is 14.1. The van der Waals surface area contributed by atoms with Crippen LogP contribution in [-0.4, -0.2) is 74.9 Å². The maximum Gasteiger partial charge on any atom is 0.472 e. The minimum atomic E-state index is -4.36. The van der Waals surface area contributed by atoms with Gasteiger partial charge in [0.25, 0.3) is 0 Å². The number of allylic oxidation sites excluding steroid dienone is 4. The van der Waals surface area contributed by atoms with Gasteiger partial charge in [-0.15, -0.1) is 0 Å². The lowest BCUT2D eigenvalue weighted by molar-refractivity contribution is -0.870. The van der Waals surface area contributed by atoms with E-state index in [0.29, 0.717) is 17.4 Å². The lowest BCUT2D eigenvalue weighted by Crippen LogP contribution is -2.37. The Kier molecular flexibility index (Phi) is 28.6. The third kappa shape index (κ3) is 32.4. The Hall–Kier alpha value is -1.51. The Balaban J connectivity index is 4.49. The number of nitrogens with zero attached hydrogens (tertiary/aromatic N) is 1. The zero-order chi connectivity index (χ0) is 34.4. The van der Waals surface area contributed by atoms with E-state index in [-0.39, 0.29) is 32.0 Å². The Morgan fingerprint density at radius 1 is 0.674 bits per heavy atom. The fourth-order valence-electron chi connectivity index (χ4n) is 4.57. The summed E-state index contributed by atoms with van der Waals surface area (Å²) in [6.07, 6.45) is 28.2. The van der Waals surface area contributed by atoms with Crippen LogP contribution in [0.3, 0.4) is 0 Å². The summed E-state index contributed by atoms with van der Waals surface area (Å²) in [4.78, 5) is 34.9. The maximum absolute atomic E-state index is 12.5. The van der Waals surface area contributed by atoms with Gasteiger partial charge in [0.1, 0.15) is 19.8 Å². The summed E-state index contributed by atoms with van der Waals surface area (Å²) in [7, 11) is 1.45. The van der Waals surface area contributed by atoms with Crippen LogP contribution in [0.15, 0.2) is 24.3 Å². The molecule has 0 bridgehead atoms. The average Bonchev–Trinajstić information content (AvgIpc) is 2.99. The molecular formula is C36H69NO8P+. The van der Waals surface area contributed by atoms with Gasteiger partial charge in [-0.25, -0.2) is 4.57 Å². The summed E-state index contributed by atoms with van der Waals surface area (Å²) < 4.78 is 33.9. The molecule has 0 aliphatic rings. The molecule has 0 fully saturated rings. The highest BCUT2D eigenvalue weighted by atomic mass is 31.2. The van der Waals surface area contributed by atoms with Crippen molar-refractivity contribution in [2.75, 3.05) is 47.5 Å². The van der Waals surface area contributed by atoms with Crippen LogP contribution in [0.25, 0.3) is 0 Å². The topological polar surface area (TPSA) is 108 Å². The lowest BCUT2D eigenvalue weighted by atomic mass is 10.1. The number of esters is 2. The van der Waals surface area contributed by atoms with Crippen molar-refractivity contribution in [2.24, 2.45) is 0 Å². The third-order valence-corrected chi connectivity index (χ3v) is 8.47. The summed E-state index contributed by atoms with van der Waals surface area (Å²) in [6, 6.07) is 0. The van der Waals surface area contributed by atoms with Crippen molar-refractivity contribution >= 4 is 19.8 Å². The van der Waals surface area contributed by atoms with Gasteiger partial charge in [-0.1, -0.05) is 109 Å². The Labute approximate surface area is 281 Å². The number of likely N-dealkylation sites (N-methyl/N-ethyl adjacent to an activating group) is 1. The van der Waals surface area contributed by atoms with Gasteiger partial charge in [0.05, 0.1) is 27.7 Å². The number of ether oxygens (including phenoxy) is 2. The fourth-order valence-corrected chi connectivity index (χ4v) is 5.31. The summed E-state index contributed by atoms with van der Waals surface area (Å²) in [6.45, 7) is 4.30. The second-order valence-electron chi connectivity index (χ2n) is 13.3. The Bertz CT molecular complexity index is 855. The van der Waals surface area contributed by atoms with E-state index < -0.39 is 26.5 Å². The number of carbonyl (C=O) groups is 2. The lowest BCUT2D eigenvalue weighted by Gasteiger charge is -2.24. The van der Waals surface area contributed by atoms with Crippen molar-refractivity contribution in [1.82, 2.24) is 0 Å². The van der Waals surface area contributed by atoms with Crippen LogP contribution in [0.1, 0.15) is 142 Å². The van der Waals surface area contributed by atoms with Crippen LogP contribution in [0.4, 0.5) is 0 Å². The molecule has 0 amide bonds. The van der Waals surface area contributed by atoms with E-state index >= 15 is 0 Å². The van der Waals surface area contributed by atoms with Gasteiger partial charge >= 0.3 is 19.8 Å². The predicted octanol–water partition coefficient (Wildman–Crippen LogP) is 9.24. The van der Waals surface area contributed by atoms with Crippen LogP contribution in [0.5, 0.6) is 0 Å². The molecule has 0 saturated heterocycles. The van der Waals surface area contributed by atoms with E-state index in [1.807, 2.05) is 21.1 Å². The minimum Gasteiger partial charge on any atom is -0.462 e. The van der Waals surface area contributed by atoms with Crippen LogP contribution in [0.2, 0.25) is 0 Å². The molecule has 0 aromatic rings. The first-order valence-corrected chi connectivity index (χ1v) is 19.6. The number of quaternary nitrogens is 1. The highest BCUT2D eigenvalue weighted by molar-refractivity contribution is 7.47. The second-order valence-corrected chi connectivity index (χ2v) is 14.7. The molecule has 1 N–H and O–H groups in total. The van der Waals surface area contributed by atoms with Gasteiger partial charge in [0, 0.05) is 12.8 Å². The molecule has 0 aromatic carbocycles. The van der Waals surface area contributed by atoms with Gasteiger partial charge in [-0.2, -0.15) is 0 Å². The van der Waals surface area contributed by atoms with Crippen LogP contribution in [0, 0.1) is 0 Å². The molecule has 1 unspecified atom stereocenters. The minimum absolute atomic E-state index is 0.0269. The van der Waals surface area contributed by atoms with Crippen molar-refractivity contribution < 1.29 is 42.1 Å². The molecule has 0 spiro atoms. The summed E-state index contributed by atoms with van der Waals surface area (Å²) in [5.41, 5.74) is 0. The highest BCUT2D eigenvalue weighted by Crippen LogP contribution is 2.43. The molecule has 0 radical (unpaired) electrons. The first kappa shape index (κ1) is 44.5. The van der Waals surface area contributed by atoms with Gasteiger partial charge in [0.2, 0.25) is 0 Å². The van der Waals surface area contributed by atoms with Crippen molar-refractivity contribution in [2.45, 2.75) is 148 Å². The zero-order valence-corrected chi connectivity index (χ0v) is 31.0. The zero-order valence-electron chi connectivity index (χ0n) is 30.1. The molecule has 0 rings (SSSR count). The number of hydrogen-bond acceptors (Lipinski definition) is 7. The molecule has 0 heterocycles. The quantitative estimate of drug-likeness (QED) is 0.0247. The second kappa shape index (κ2) is 29.6. The van der Waals surface area contributed by atoms with E-state index in [4.69, 9.17) is 18.5 Å². The van der Waals surface area contributed by atoms with E-state index in [2.05, 4.69) is 38.2 Å². The monoisotopic (exact) mass is 674 g/mol. The molecule has 2 atom stereocenters. The summed E-state index contributed by atoms with van der Waals surface area (Å²) in [5, 5.41) is 0. The molecule has 0 aliphatic heterocycles. The molecule has 46 heavy (non-hydrogen) atoms. The molecular weight excluding hydrogens is 605 g/mol. The largest absolute Gasteiger partial charge is 0.472 e. The van der Waals surface area contributed by atoms with Crippen LogP contribution >= 0.6 is 7.82 Å². The number of rotatable bonds is 32. The smallest absolute Gasteiger partial charge is 0.462 e. The van der Waals surface area contributed by atoms with Gasteiger partial charge in [-0.3, -0.25) is 18.6 Å². The molecule has 10 heteroatoms. The first-order chi connectivity index (χ1) is 22.0. The maximum atomic E-state index is 12.5. The van der Waals surface area contributed by atoms with Gasteiger partial charge < -0.3 is 18.9 Å². The van der Waals surface area contributed by atoms with Crippen molar-refractivity contribution in [3.63, 3.8) is 0 Å². The van der Waals surface area contributed by atoms with Crippen LogP contribution < -0.4 is 0 Å². The Morgan fingerprint density at radius 3 is 1.76 bits per heavy atom. The molecule has 9 nitrogen and oxygen atoms in total. The van der Waals surface area contributed by atoms with E-state index in [0.717, 1.165) is 44.9 Å². The van der Waals surface area contributed by atoms with E-state index in [1.54, 1.807) is 0 Å². The summed E-state index contributed by atoms with van der Waals surface area (Å²) in [5.74, 6) is -0.845. The molecule has 0 aliphatic carbocycles. The highest BCUT2D eigenvalue weighted by Gasteiger charge is 2.27. The van der Waals surface area contributed by atoms with Crippen LogP contribution in [-0.2, 0) is 32.7 Å². The SMILES string of the molecule is CCCCCCCC/C=C/C/C=C/CCCCC(=O)O[C@H](COC(=O)CCCCCCCCC)COP(=O)(O)OCC[N+](C)(C)C. The van der Waals surface area contributed by atoms with Crippen molar-refractivity contribution in [3.05, 3.63) is 24.3 Å². The van der Waals surface area contributed by atoms with Gasteiger partial charge in [-0.05, 0) is 44.9 Å². The number of carbonyl (C=O) groups excluding carboxylic acids is 2. The number of unbranched alkanes of at least 4 members (excludes halogenated alkanes) is 14. The molecule has 0 aromatic heterocycles. The van der Waals surface area contributed by atoms with Crippen molar-refractivity contribution in [1.29, 1.82) is 0 Å². The standard InChI is InChI=1S/C36H68NO8P/c1-6-8-10-12-14-15-16-17-18-19-20-21-23-25-27-29-36(39)45-34(33-44-46(40,41)43-31-30-37(3,4)5)32-42-35(38)28-26-24-22-13-11-9-7-2/h17-18,20-21,34H,6-16,19,22-33H2,1-5H3/p+1/b18-17+,21-20+/t34-/m1/s1. The molecule has 0 saturated carbocycles. The van der Waals surface area contributed by atoms with E-state index in [9.17, 15) is 19.0 Å². The predicted molar refractivity (Wildman–Crippen MR) is 187 cm³/mol. The van der Waals surface area contributed by atoms with E-state index in [1.165, 1.54) is 64.2 Å². The first-order valence-electron chi connectivity index (χ1n) is 18.1. The third-order valence-electron chi connectivity index (χ3n) is 7.48. The fraction of sp³-hybridized carbons (Fsp3) is 0.833. The number of phosphoric ester groups is 1. The number of phosphoric acid groups is 1. The Morgan fingerprint density at radius 2 is 1.17 bits per heavy atom. The van der Waals surface area contributed by atoms with Crippen molar-refractivity contribution in [3.8, 4) is 0 Å².